The van der Waals surface area contributed by atoms with Crippen LogP contribution < -0.4 is 0 Å². The van der Waals surface area contributed by atoms with Crippen LogP contribution >= 0.6 is 0 Å². The van der Waals surface area contributed by atoms with Crippen molar-refractivity contribution in [2.75, 3.05) is 0 Å². The maximum absolute atomic E-state index is 6.72. The lowest BCUT2D eigenvalue weighted by molar-refractivity contribution is 0.547. The summed E-state index contributed by atoms with van der Waals surface area (Å²) in [5.74, 6) is 1.09. The molecule has 0 spiro atoms. The molecule has 1 heterocycles. The molecule has 47 heavy (non-hydrogen) atoms. The highest BCUT2D eigenvalue weighted by Crippen LogP contribution is 2.47. The van der Waals surface area contributed by atoms with Gasteiger partial charge in [-0.05, 0) is 89.5 Å². The Labute approximate surface area is 273 Å². The molecule has 0 amide bonds. The molecule has 0 atom stereocenters. The fourth-order valence-corrected chi connectivity index (χ4v) is 8.04. The normalized spacial score (nSPS) is 12.9. The van der Waals surface area contributed by atoms with E-state index in [1.54, 1.807) is 0 Å². The van der Waals surface area contributed by atoms with E-state index < -0.39 is 0 Å². The Bertz CT molecular complexity index is 2680. The van der Waals surface area contributed by atoms with Crippen molar-refractivity contribution in [3.8, 4) is 33.4 Å². The monoisotopic (exact) mass is 598 g/mol. The number of hydrogen-bond donors (Lipinski definition) is 0. The molecule has 0 unspecified atom stereocenters. The lowest BCUT2D eigenvalue weighted by atomic mass is 9.84. The van der Waals surface area contributed by atoms with Gasteiger partial charge in [-0.15, -0.1) is 0 Å². The van der Waals surface area contributed by atoms with E-state index in [-0.39, 0.29) is 0 Å². The average molecular weight is 599 g/mol. The van der Waals surface area contributed by atoms with E-state index in [1.165, 1.54) is 87.4 Å². The van der Waals surface area contributed by atoms with Crippen LogP contribution in [-0.2, 0) is 6.42 Å². The van der Waals surface area contributed by atoms with Crippen LogP contribution in [0.4, 0.5) is 0 Å². The number of furan rings is 1. The molecule has 1 aliphatic rings. The maximum atomic E-state index is 6.72. The molecule has 1 nitrogen and oxygen atoms in total. The van der Waals surface area contributed by atoms with Crippen LogP contribution in [0.25, 0.3) is 93.5 Å². The summed E-state index contributed by atoms with van der Waals surface area (Å²) in [4.78, 5) is 0. The van der Waals surface area contributed by atoms with Gasteiger partial charge in [0.1, 0.15) is 11.3 Å². The zero-order chi connectivity index (χ0) is 30.9. The number of hydrogen-bond acceptors (Lipinski definition) is 1. The molecule has 0 saturated carbocycles. The maximum Gasteiger partial charge on any atom is 0.143 e. The van der Waals surface area contributed by atoms with Gasteiger partial charge in [-0.25, -0.2) is 0 Å². The Kier molecular flexibility index (Phi) is 5.77. The van der Waals surface area contributed by atoms with Gasteiger partial charge in [0, 0.05) is 22.9 Å². The van der Waals surface area contributed by atoms with Crippen molar-refractivity contribution in [1.82, 2.24) is 0 Å². The predicted molar refractivity (Wildman–Crippen MR) is 200 cm³/mol. The molecule has 10 rings (SSSR count). The minimum absolute atomic E-state index is 0.942. The van der Waals surface area contributed by atoms with Gasteiger partial charge >= 0.3 is 0 Å². The summed E-state index contributed by atoms with van der Waals surface area (Å²) in [6.07, 6.45) is 6.48. The number of fused-ring (bicyclic) bond motifs is 7. The minimum Gasteiger partial charge on any atom is -0.460 e. The standard InChI is InChI=1S/C46H30O/c1-3-18-33-29(13-1)15-12-25-36(33)45-39-23-7-5-21-37(39)43(38-22-6-8-24-40(38)45)31-16-11-17-32(27-31)44-34-19-4-2-14-30(34)28-41-35-20-9-10-26-42(35)47-46(41)44/h1-9,11-25,27-28H,10,26H2. The van der Waals surface area contributed by atoms with Crippen molar-refractivity contribution >= 4 is 60.1 Å². The van der Waals surface area contributed by atoms with Gasteiger partial charge in [-0.2, -0.15) is 0 Å². The number of allylic oxidation sites excluding steroid dienone is 1. The minimum atomic E-state index is 0.942. The van der Waals surface area contributed by atoms with Gasteiger partial charge in [0.25, 0.3) is 0 Å². The van der Waals surface area contributed by atoms with Gasteiger partial charge in [0.2, 0.25) is 0 Å². The lowest BCUT2D eigenvalue weighted by Crippen LogP contribution is -1.92. The number of aryl methyl sites for hydroxylation is 1. The molecule has 1 aliphatic carbocycles. The highest BCUT2D eigenvalue weighted by Gasteiger charge is 2.22. The van der Waals surface area contributed by atoms with Crippen LogP contribution in [0.5, 0.6) is 0 Å². The summed E-state index contributed by atoms with van der Waals surface area (Å²) in [7, 11) is 0. The summed E-state index contributed by atoms with van der Waals surface area (Å²) in [5.41, 5.74) is 9.59. The molecule has 9 aromatic rings. The third-order valence-electron chi connectivity index (χ3n) is 10.1. The fraction of sp³-hybridized carbons (Fsp3) is 0.0435. The summed E-state index contributed by atoms with van der Waals surface area (Å²) in [6.45, 7) is 0. The Morgan fingerprint density at radius 2 is 1.00 bits per heavy atom. The topological polar surface area (TPSA) is 13.1 Å². The first-order valence-electron chi connectivity index (χ1n) is 16.5. The SMILES string of the molecule is C1=Cc2c(oc3c(-c4cccc(-c5c6ccccc6c(-c6cccc7ccccc67)c6ccccc56)c4)c4ccccc4cc23)CC1. The van der Waals surface area contributed by atoms with Crippen molar-refractivity contribution < 1.29 is 4.42 Å². The van der Waals surface area contributed by atoms with Crippen LogP contribution in [0.2, 0.25) is 0 Å². The molecule has 0 aliphatic heterocycles. The molecule has 0 saturated heterocycles. The summed E-state index contributed by atoms with van der Waals surface area (Å²) in [5, 5.41) is 11.2. The van der Waals surface area contributed by atoms with E-state index in [0.29, 0.717) is 0 Å². The molecule has 0 N–H and O–H groups in total. The highest BCUT2D eigenvalue weighted by atomic mass is 16.3. The van der Waals surface area contributed by atoms with Crippen molar-refractivity contribution in [2.45, 2.75) is 12.8 Å². The smallest absolute Gasteiger partial charge is 0.143 e. The van der Waals surface area contributed by atoms with Crippen LogP contribution in [0.3, 0.4) is 0 Å². The highest BCUT2D eigenvalue weighted by molar-refractivity contribution is 6.24. The molecule has 8 aromatic carbocycles. The fourth-order valence-electron chi connectivity index (χ4n) is 8.04. The second-order valence-electron chi connectivity index (χ2n) is 12.7. The average Bonchev–Trinajstić information content (AvgIpc) is 3.50. The van der Waals surface area contributed by atoms with Gasteiger partial charge < -0.3 is 4.42 Å². The second-order valence-corrected chi connectivity index (χ2v) is 12.7. The Balaban J connectivity index is 1.28. The van der Waals surface area contributed by atoms with E-state index in [9.17, 15) is 0 Å². The molecule has 220 valence electrons. The van der Waals surface area contributed by atoms with Gasteiger partial charge in [0.15, 0.2) is 0 Å². The molecule has 0 bridgehead atoms. The van der Waals surface area contributed by atoms with Crippen molar-refractivity contribution in [3.05, 3.63) is 163 Å². The van der Waals surface area contributed by atoms with E-state index in [2.05, 4.69) is 158 Å². The van der Waals surface area contributed by atoms with E-state index in [4.69, 9.17) is 4.42 Å². The van der Waals surface area contributed by atoms with Crippen molar-refractivity contribution in [3.63, 3.8) is 0 Å². The Morgan fingerprint density at radius 3 is 1.74 bits per heavy atom. The number of benzene rings is 8. The third-order valence-corrected chi connectivity index (χ3v) is 10.1. The first-order valence-corrected chi connectivity index (χ1v) is 16.5. The molecule has 1 heteroatoms. The molecular weight excluding hydrogens is 569 g/mol. The Morgan fingerprint density at radius 1 is 0.426 bits per heavy atom. The van der Waals surface area contributed by atoms with E-state index in [1.807, 2.05) is 0 Å². The van der Waals surface area contributed by atoms with Gasteiger partial charge in [-0.3, -0.25) is 0 Å². The zero-order valence-electron chi connectivity index (χ0n) is 25.8. The molecular formula is C46H30O. The van der Waals surface area contributed by atoms with E-state index in [0.717, 1.165) is 24.2 Å². The largest absolute Gasteiger partial charge is 0.460 e. The Hall–Kier alpha value is -5.92. The van der Waals surface area contributed by atoms with Crippen LogP contribution in [0.1, 0.15) is 17.7 Å². The van der Waals surface area contributed by atoms with Crippen molar-refractivity contribution in [2.24, 2.45) is 0 Å². The summed E-state index contributed by atoms with van der Waals surface area (Å²) >= 11 is 0. The quantitative estimate of drug-likeness (QED) is 0.184. The lowest BCUT2D eigenvalue weighted by Gasteiger charge is -2.19. The van der Waals surface area contributed by atoms with E-state index >= 15 is 0 Å². The van der Waals surface area contributed by atoms with Gasteiger partial charge in [-0.1, -0.05) is 146 Å². The van der Waals surface area contributed by atoms with Crippen LogP contribution in [0.15, 0.2) is 156 Å². The van der Waals surface area contributed by atoms with Gasteiger partial charge in [0.05, 0.1) is 0 Å². The third kappa shape index (κ3) is 3.96. The summed E-state index contributed by atoms with van der Waals surface area (Å²) in [6, 6.07) is 53.4. The molecule has 1 aromatic heterocycles. The predicted octanol–water partition coefficient (Wildman–Crippen LogP) is 13.0. The van der Waals surface area contributed by atoms with Crippen LogP contribution in [-0.4, -0.2) is 0 Å². The molecule has 0 fully saturated rings. The van der Waals surface area contributed by atoms with Crippen LogP contribution in [0, 0.1) is 0 Å². The molecule has 0 radical (unpaired) electrons. The summed E-state index contributed by atoms with van der Waals surface area (Å²) < 4.78 is 6.72. The first kappa shape index (κ1) is 26.3. The number of rotatable bonds is 3. The zero-order valence-corrected chi connectivity index (χ0v) is 25.8. The second kappa shape index (κ2) is 10.3. The van der Waals surface area contributed by atoms with Crippen molar-refractivity contribution in [1.29, 1.82) is 0 Å². The first-order chi connectivity index (χ1) is 23.3.